The number of nitriles is 1. The number of hydrogen-bond acceptors (Lipinski definition) is 7. The Labute approximate surface area is 259 Å². The maximum absolute atomic E-state index is 12.9. The second-order valence-corrected chi connectivity index (χ2v) is 14.2. The van der Waals surface area contributed by atoms with Gasteiger partial charge in [-0.25, -0.2) is 9.97 Å². The molecular formula is C33H38F3N7S. The molecule has 1 saturated carbocycles. The number of halogens is 3. The number of anilines is 1. The summed E-state index contributed by atoms with van der Waals surface area (Å²) in [6.07, 6.45) is 3.59. The first-order valence-corrected chi connectivity index (χ1v) is 16.5. The minimum Gasteiger partial charge on any atom is -0.367 e. The highest BCUT2D eigenvalue weighted by Crippen LogP contribution is 2.45. The summed E-state index contributed by atoms with van der Waals surface area (Å²) < 4.78 is 41.0. The molecule has 0 amide bonds. The van der Waals surface area contributed by atoms with Crippen LogP contribution in [0.4, 0.5) is 19.0 Å². The highest BCUT2D eigenvalue weighted by atomic mass is 32.1. The molecule has 4 aromatic rings. The summed E-state index contributed by atoms with van der Waals surface area (Å²) in [6, 6.07) is 10.7. The zero-order valence-corrected chi connectivity index (χ0v) is 25.9. The number of nitrogens with zero attached hydrogens (tertiary/aromatic N) is 6. The minimum atomic E-state index is -4.24. The molecule has 7 rings (SSSR count). The van der Waals surface area contributed by atoms with Gasteiger partial charge < -0.3 is 14.8 Å². The third-order valence-electron chi connectivity index (χ3n) is 10.1. The predicted octanol–water partition coefficient (Wildman–Crippen LogP) is 6.88. The molecule has 3 fully saturated rings. The van der Waals surface area contributed by atoms with Crippen molar-refractivity contribution in [3.63, 3.8) is 0 Å². The Bertz CT molecular complexity index is 1700. The van der Waals surface area contributed by atoms with E-state index in [9.17, 15) is 18.4 Å². The van der Waals surface area contributed by atoms with Gasteiger partial charge >= 0.3 is 6.18 Å². The van der Waals surface area contributed by atoms with Crippen molar-refractivity contribution in [2.45, 2.75) is 77.2 Å². The van der Waals surface area contributed by atoms with Crippen molar-refractivity contribution in [2.24, 2.45) is 5.41 Å². The summed E-state index contributed by atoms with van der Waals surface area (Å²) in [4.78, 5) is 14.4. The summed E-state index contributed by atoms with van der Waals surface area (Å²) in [7, 11) is 0. The molecule has 0 radical (unpaired) electrons. The van der Waals surface area contributed by atoms with Crippen molar-refractivity contribution < 1.29 is 13.2 Å². The maximum Gasteiger partial charge on any atom is 0.393 e. The molecular weight excluding hydrogens is 583 g/mol. The minimum absolute atomic E-state index is 0.195. The number of likely N-dealkylation sites (tertiary alicyclic amines) is 2. The van der Waals surface area contributed by atoms with Gasteiger partial charge in [0.1, 0.15) is 28.7 Å². The van der Waals surface area contributed by atoms with Gasteiger partial charge in [0.2, 0.25) is 0 Å². The van der Waals surface area contributed by atoms with Crippen molar-refractivity contribution in [3.8, 4) is 6.07 Å². The number of aromatic nitrogens is 3. The largest absolute Gasteiger partial charge is 0.393 e. The molecule has 0 unspecified atom stereocenters. The van der Waals surface area contributed by atoms with Gasteiger partial charge in [0.05, 0.1) is 11.8 Å². The number of hydrogen-bond donors (Lipinski definition) is 1. The van der Waals surface area contributed by atoms with Crippen LogP contribution in [0.15, 0.2) is 30.6 Å². The molecule has 44 heavy (non-hydrogen) atoms. The van der Waals surface area contributed by atoms with Gasteiger partial charge in [-0.15, -0.1) is 11.3 Å². The third-order valence-corrected chi connectivity index (χ3v) is 11.1. The SMILES string of the molecule is Cc1c(CN2CCC(Nc3ncnc4sc(CC(F)(F)F)cc34)CC2)ccc2c1cc(C#N)n2CCN1CC2(CCCC2)C1. The second-order valence-electron chi connectivity index (χ2n) is 13.1. The number of aryl methyl sites for hydroxylation is 1. The summed E-state index contributed by atoms with van der Waals surface area (Å²) in [6.45, 7) is 9.10. The number of nitrogens with one attached hydrogen (secondary N) is 1. The number of fused-ring (bicyclic) bond motifs is 2. The van der Waals surface area contributed by atoms with Crippen molar-refractivity contribution in [1.82, 2.24) is 24.3 Å². The Morgan fingerprint density at radius 3 is 2.55 bits per heavy atom. The Balaban J connectivity index is 0.971. The van der Waals surface area contributed by atoms with E-state index >= 15 is 0 Å². The number of alkyl halides is 3. The molecule has 2 saturated heterocycles. The highest BCUT2D eigenvalue weighted by Gasteiger charge is 2.44. The fraction of sp³-hybridized carbons (Fsp3) is 0.545. The van der Waals surface area contributed by atoms with Crippen LogP contribution in [-0.2, 0) is 19.5 Å². The van der Waals surface area contributed by atoms with E-state index in [1.165, 1.54) is 61.6 Å². The molecule has 1 aliphatic carbocycles. The molecule has 7 nitrogen and oxygen atoms in total. The average Bonchev–Trinajstić information content (AvgIpc) is 3.70. The van der Waals surface area contributed by atoms with Crippen LogP contribution in [0.3, 0.4) is 0 Å². The Morgan fingerprint density at radius 1 is 1.05 bits per heavy atom. The maximum atomic E-state index is 12.9. The van der Waals surface area contributed by atoms with E-state index in [1.54, 1.807) is 6.07 Å². The van der Waals surface area contributed by atoms with Crippen molar-refractivity contribution in [1.29, 1.82) is 5.26 Å². The van der Waals surface area contributed by atoms with Gasteiger partial charge in [0.25, 0.3) is 0 Å². The fourth-order valence-electron chi connectivity index (χ4n) is 7.74. The molecule has 11 heteroatoms. The van der Waals surface area contributed by atoms with E-state index in [0.717, 1.165) is 68.1 Å². The fourth-order valence-corrected chi connectivity index (χ4v) is 8.77. The number of thiophene rings is 1. The predicted molar refractivity (Wildman–Crippen MR) is 168 cm³/mol. The molecule has 5 heterocycles. The smallest absolute Gasteiger partial charge is 0.367 e. The van der Waals surface area contributed by atoms with Gasteiger partial charge in [0, 0.05) is 67.6 Å². The van der Waals surface area contributed by atoms with Crippen LogP contribution in [0.1, 0.15) is 60.2 Å². The number of benzene rings is 1. The molecule has 1 aromatic carbocycles. The van der Waals surface area contributed by atoms with E-state index in [2.05, 4.69) is 60.8 Å². The van der Waals surface area contributed by atoms with E-state index in [1.807, 2.05) is 0 Å². The van der Waals surface area contributed by atoms with E-state index in [-0.39, 0.29) is 10.9 Å². The van der Waals surface area contributed by atoms with Gasteiger partial charge in [-0.1, -0.05) is 18.9 Å². The van der Waals surface area contributed by atoms with Crippen LogP contribution in [-0.4, -0.2) is 69.3 Å². The van der Waals surface area contributed by atoms with Crippen LogP contribution in [0.2, 0.25) is 0 Å². The summed E-state index contributed by atoms with van der Waals surface area (Å²) in [5.41, 5.74) is 4.98. The second kappa shape index (κ2) is 11.6. The number of piperidine rings is 1. The van der Waals surface area contributed by atoms with Gasteiger partial charge in [-0.05, 0) is 67.3 Å². The molecule has 3 aliphatic rings. The first-order chi connectivity index (χ1) is 21.2. The highest BCUT2D eigenvalue weighted by molar-refractivity contribution is 7.18. The summed E-state index contributed by atoms with van der Waals surface area (Å²) in [5.74, 6) is 0.615. The van der Waals surface area contributed by atoms with E-state index in [4.69, 9.17) is 0 Å². The van der Waals surface area contributed by atoms with E-state index in [0.29, 0.717) is 21.4 Å². The molecule has 2 aliphatic heterocycles. The van der Waals surface area contributed by atoms with Crippen molar-refractivity contribution in [3.05, 3.63) is 52.3 Å². The van der Waals surface area contributed by atoms with Gasteiger partial charge in [0.15, 0.2) is 0 Å². The normalized spacial score (nSPS) is 19.6. The first kappa shape index (κ1) is 29.5. The lowest BCUT2D eigenvalue weighted by atomic mass is 9.78. The molecule has 1 N–H and O–H groups in total. The zero-order valence-electron chi connectivity index (χ0n) is 25.1. The summed E-state index contributed by atoms with van der Waals surface area (Å²) >= 11 is 1.08. The first-order valence-electron chi connectivity index (χ1n) is 15.7. The standard InChI is InChI=1S/C33H38F3N7S/c1-22-23(4-5-29-27(22)14-25(17-37)43(29)13-12-42-19-32(20-42)8-2-3-9-32)18-41-10-6-24(7-11-41)40-30-28-15-26(16-33(34,35)36)44-31(28)39-21-38-30/h4-5,14-15,21,24H,2-3,6-13,16,18-20H2,1H3,(H,38,39,40). The van der Waals surface area contributed by atoms with Gasteiger partial charge in [-0.2, -0.15) is 18.4 Å². The lowest BCUT2D eigenvalue weighted by molar-refractivity contribution is -0.126. The van der Waals surface area contributed by atoms with Crippen LogP contribution in [0.25, 0.3) is 21.1 Å². The van der Waals surface area contributed by atoms with Gasteiger partial charge in [-0.3, -0.25) is 4.90 Å². The molecule has 232 valence electrons. The molecule has 1 spiro atoms. The molecule has 3 aromatic heterocycles. The third kappa shape index (κ3) is 5.92. The molecule has 0 bridgehead atoms. The topological polar surface area (TPSA) is 73.0 Å². The zero-order chi connectivity index (χ0) is 30.5. The average molecular weight is 622 g/mol. The Hall–Kier alpha value is -3.20. The van der Waals surface area contributed by atoms with Crippen LogP contribution < -0.4 is 5.32 Å². The Kier molecular flexibility index (Phi) is 7.79. The van der Waals surface area contributed by atoms with Crippen LogP contribution >= 0.6 is 11.3 Å². The van der Waals surface area contributed by atoms with Crippen LogP contribution in [0.5, 0.6) is 0 Å². The van der Waals surface area contributed by atoms with E-state index < -0.39 is 12.6 Å². The van der Waals surface area contributed by atoms with Crippen molar-refractivity contribution >= 4 is 38.3 Å². The Morgan fingerprint density at radius 2 is 1.82 bits per heavy atom. The number of rotatable bonds is 8. The lowest BCUT2D eigenvalue weighted by Crippen LogP contribution is -2.55. The quantitative estimate of drug-likeness (QED) is 0.231. The summed E-state index contributed by atoms with van der Waals surface area (Å²) in [5, 5.41) is 15.2. The lowest BCUT2D eigenvalue weighted by Gasteiger charge is -2.48. The monoisotopic (exact) mass is 621 g/mol. The van der Waals surface area contributed by atoms with Crippen molar-refractivity contribution in [2.75, 3.05) is 38.0 Å². The molecule has 0 atom stereocenters. The van der Waals surface area contributed by atoms with Crippen LogP contribution in [0, 0.1) is 23.7 Å².